The molecule has 0 radical (unpaired) electrons. The third kappa shape index (κ3) is 4.50. The molecule has 0 fully saturated rings. The molecule has 1 heterocycles. The van der Waals surface area contributed by atoms with Crippen molar-refractivity contribution in [3.63, 3.8) is 0 Å². The van der Waals surface area contributed by atoms with Crippen LogP contribution in [0.1, 0.15) is 12.7 Å². The highest BCUT2D eigenvalue weighted by molar-refractivity contribution is 7.99. The summed E-state index contributed by atoms with van der Waals surface area (Å²) < 4.78 is 30.4. The number of hydrogen-bond donors (Lipinski definition) is 3. The van der Waals surface area contributed by atoms with Gasteiger partial charge in [0.1, 0.15) is 5.76 Å². The third-order valence-electron chi connectivity index (χ3n) is 2.81. The molecule has 2 unspecified atom stereocenters. The summed E-state index contributed by atoms with van der Waals surface area (Å²) in [7, 11) is -2.19. The van der Waals surface area contributed by atoms with Gasteiger partial charge in [-0.15, -0.1) is 0 Å². The van der Waals surface area contributed by atoms with Gasteiger partial charge < -0.3 is 14.8 Å². The first-order valence-corrected chi connectivity index (χ1v) is 8.61. The topological polar surface area (TPSA) is 91.6 Å². The molecule has 0 aliphatic rings. The van der Waals surface area contributed by atoms with Crippen LogP contribution in [0.5, 0.6) is 0 Å². The number of nitrogens with one attached hydrogen (secondary N) is 2. The molecule has 0 amide bonds. The van der Waals surface area contributed by atoms with Crippen LogP contribution in [0, 0.1) is 0 Å². The number of rotatable bonds is 8. The van der Waals surface area contributed by atoms with Crippen molar-refractivity contribution < 1.29 is 17.9 Å². The van der Waals surface area contributed by atoms with E-state index in [1.54, 1.807) is 17.8 Å². The van der Waals surface area contributed by atoms with E-state index in [4.69, 9.17) is 9.52 Å². The minimum absolute atomic E-state index is 0.0902. The minimum Gasteiger partial charge on any atom is -0.447 e. The van der Waals surface area contributed by atoms with Crippen LogP contribution in [-0.4, -0.2) is 44.7 Å². The van der Waals surface area contributed by atoms with Gasteiger partial charge in [0.05, 0.1) is 13.2 Å². The Morgan fingerprint density at radius 2 is 2.16 bits per heavy atom. The molecular formula is C11H20N2O4S2. The Morgan fingerprint density at radius 1 is 1.47 bits per heavy atom. The summed E-state index contributed by atoms with van der Waals surface area (Å²) in [5, 5.41) is 12.4. The standard InChI is InChI=1S/C11H20N2O4S2/c1-8(10(7-14)18-3)13-6-9-4-5-11(17-9)19(15,16)12-2/h4-5,8,10,12-14H,6-7H2,1-3H3. The Balaban J connectivity index is 2.60. The molecule has 19 heavy (non-hydrogen) atoms. The number of sulfonamides is 1. The van der Waals surface area contributed by atoms with Crippen LogP contribution in [0.4, 0.5) is 0 Å². The normalized spacial score (nSPS) is 15.4. The van der Waals surface area contributed by atoms with Gasteiger partial charge in [0, 0.05) is 11.3 Å². The molecule has 3 N–H and O–H groups in total. The highest BCUT2D eigenvalue weighted by atomic mass is 32.2. The molecule has 2 atom stereocenters. The third-order valence-corrected chi connectivity index (χ3v) is 5.26. The van der Waals surface area contributed by atoms with Crippen molar-refractivity contribution >= 4 is 21.8 Å². The molecular weight excluding hydrogens is 288 g/mol. The lowest BCUT2D eigenvalue weighted by Crippen LogP contribution is -2.36. The average molecular weight is 308 g/mol. The van der Waals surface area contributed by atoms with E-state index < -0.39 is 10.0 Å². The number of hydrogen-bond acceptors (Lipinski definition) is 6. The van der Waals surface area contributed by atoms with Crippen LogP contribution >= 0.6 is 11.8 Å². The van der Waals surface area contributed by atoms with E-state index in [1.807, 2.05) is 13.2 Å². The summed E-state index contributed by atoms with van der Waals surface area (Å²) in [6.07, 6.45) is 1.93. The highest BCUT2D eigenvalue weighted by Gasteiger charge is 2.18. The van der Waals surface area contributed by atoms with Crippen molar-refractivity contribution in [2.75, 3.05) is 19.9 Å². The van der Waals surface area contributed by atoms with Crippen molar-refractivity contribution in [1.29, 1.82) is 0 Å². The van der Waals surface area contributed by atoms with E-state index in [0.29, 0.717) is 12.3 Å². The molecule has 1 rings (SSSR count). The monoisotopic (exact) mass is 308 g/mol. The summed E-state index contributed by atoms with van der Waals surface area (Å²) in [6.45, 7) is 2.47. The molecule has 0 aliphatic carbocycles. The summed E-state index contributed by atoms with van der Waals surface area (Å²) in [5.41, 5.74) is 0. The maximum atomic E-state index is 11.5. The summed E-state index contributed by atoms with van der Waals surface area (Å²) >= 11 is 1.58. The van der Waals surface area contributed by atoms with Crippen LogP contribution in [0.2, 0.25) is 0 Å². The van der Waals surface area contributed by atoms with Crippen LogP contribution in [0.3, 0.4) is 0 Å². The Labute approximate surface area is 118 Å². The Hall–Kier alpha value is -0.540. The molecule has 1 aromatic heterocycles. The smallest absolute Gasteiger partial charge is 0.273 e. The lowest BCUT2D eigenvalue weighted by atomic mass is 10.2. The summed E-state index contributed by atoms with van der Waals surface area (Å²) in [4.78, 5) is 0. The van der Waals surface area contributed by atoms with Crippen LogP contribution < -0.4 is 10.0 Å². The molecule has 6 nitrogen and oxygen atoms in total. The van der Waals surface area contributed by atoms with E-state index in [9.17, 15) is 8.42 Å². The zero-order valence-electron chi connectivity index (χ0n) is 11.2. The van der Waals surface area contributed by atoms with Gasteiger partial charge in [-0.1, -0.05) is 0 Å². The second kappa shape index (κ2) is 7.30. The van der Waals surface area contributed by atoms with Gasteiger partial charge in [0.2, 0.25) is 5.09 Å². The SMILES string of the molecule is CNS(=O)(=O)c1ccc(CNC(C)C(CO)SC)o1. The van der Waals surface area contributed by atoms with Crippen LogP contribution in [0.15, 0.2) is 21.6 Å². The second-order valence-corrected chi connectivity index (χ2v) is 6.95. The first-order valence-electron chi connectivity index (χ1n) is 5.84. The van der Waals surface area contributed by atoms with E-state index in [2.05, 4.69) is 10.0 Å². The lowest BCUT2D eigenvalue weighted by molar-refractivity contribution is 0.273. The summed E-state index contributed by atoms with van der Waals surface area (Å²) in [5.74, 6) is 0.540. The molecule has 0 saturated carbocycles. The van der Waals surface area contributed by atoms with Crippen LogP contribution in [0.25, 0.3) is 0 Å². The first kappa shape index (κ1) is 16.5. The largest absolute Gasteiger partial charge is 0.447 e. The number of thioether (sulfide) groups is 1. The zero-order chi connectivity index (χ0) is 14.5. The number of aliphatic hydroxyl groups is 1. The Bertz CT molecular complexity index is 483. The zero-order valence-corrected chi connectivity index (χ0v) is 12.8. The molecule has 110 valence electrons. The predicted octanol–water partition coefficient (Wildman–Crippen LogP) is 0.390. The highest BCUT2D eigenvalue weighted by Crippen LogP contribution is 2.15. The number of furan rings is 1. The van der Waals surface area contributed by atoms with Gasteiger partial charge >= 0.3 is 0 Å². The van der Waals surface area contributed by atoms with Crippen molar-refractivity contribution in [2.45, 2.75) is 29.9 Å². The lowest BCUT2D eigenvalue weighted by Gasteiger charge is -2.20. The molecule has 0 saturated heterocycles. The molecule has 0 spiro atoms. The van der Waals surface area contributed by atoms with E-state index in [-0.39, 0.29) is 23.0 Å². The minimum atomic E-state index is -3.53. The van der Waals surface area contributed by atoms with E-state index in [0.717, 1.165) is 0 Å². The molecule has 8 heteroatoms. The molecule has 0 aromatic carbocycles. The van der Waals surface area contributed by atoms with Gasteiger partial charge in [-0.25, -0.2) is 13.1 Å². The van der Waals surface area contributed by atoms with Gasteiger partial charge in [-0.2, -0.15) is 11.8 Å². The van der Waals surface area contributed by atoms with Crippen molar-refractivity contribution in [3.05, 3.63) is 17.9 Å². The summed E-state index contributed by atoms with van der Waals surface area (Å²) in [6, 6.07) is 3.14. The first-order chi connectivity index (χ1) is 8.94. The second-order valence-electron chi connectivity index (χ2n) is 4.05. The predicted molar refractivity (Wildman–Crippen MR) is 75.6 cm³/mol. The Kier molecular flexibility index (Phi) is 6.34. The van der Waals surface area contributed by atoms with Gasteiger partial charge in [-0.05, 0) is 32.4 Å². The molecule has 1 aromatic rings. The Morgan fingerprint density at radius 3 is 2.68 bits per heavy atom. The van der Waals surface area contributed by atoms with Gasteiger partial charge in [0.15, 0.2) is 0 Å². The quantitative estimate of drug-likeness (QED) is 0.643. The molecule has 0 bridgehead atoms. The van der Waals surface area contributed by atoms with Gasteiger partial charge in [-0.3, -0.25) is 0 Å². The van der Waals surface area contributed by atoms with Gasteiger partial charge in [0.25, 0.3) is 10.0 Å². The van der Waals surface area contributed by atoms with E-state index >= 15 is 0 Å². The fourth-order valence-corrected chi connectivity index (χ4v) is 2.85. The fraction of sp³-hybridized carbons (Fsp3) is 0.636. The van der Waals surface area contributed by atoms with Crippen LogP contribution in [-0.2, 0) is 16.6 Å². The maximum absolute atomic E-state index is 11.5. The average Bonchev–Trinajstić information content (AvgIpc) is 2.87. The van der Waals surface area contributed by atoms with Crippen molar-refractivity contribution in [3.8, 4) is 0 Å². The molecule has 0 aliphatic heterocycles. The fourth-order valence-electron chi connectivity index (χ4n) is 1.53. The maximum Gasteiger partial charge on any atom is 0.273 e. The number of aliphatic hydroxyl groups excluding tert-OH is 1. The van der Waals surface area contributed by atoms with Crippen molar-refractivity contribution in [1.82, 2.24) is 10.0 Å². The van der Waals surface area contributed by atoms with Crippen molar-refractivity contribution in [2.24, 2.45) is 0 Å². The van der Waals surface area contributed by atoms with E-state index in [1.165, 1.54) is 13.1 Å².